The first-order chi connectivity index (χ1) is 9.47. The number of halogens is 1. The second-order valence-corrected chi connectivity index (χ2v) is 5.67. The van der Waals surface area contributed by atoms with Gasteiger partial charge in [-0.1, -0.05) is 0 Å². The Morgan fingerprint density at radius 1 is 1.40 bits per heavy atom. The number of hydrogen-bond acceptors (Lipinski definition) is 4. The van der Waals surface area contributed by atoms with Crippen molar-refractivity contribution in [3.63, 3.8) is 0 Å². The highest BCUT2D eigenvalue weighted by Gasteiger charge is 2.16. The molecule has 0 bridgehead atoms. The maximum atomic E-state index is 13.1. The van der Waals surface area contributed by atoms with Crippen molar-refractivity contribution in [2.45, 2.75) is 17.9 Å². The number of nitrogens with zero attached hydrogens (tertiary/aromatic N) is 2. The van der Waals surface area contributed by atoms with Crippen LogP contribution in [0.4, 0.5) is 4.39 Å². The minimum absolute atomic E-state index is 0.0551. The second-order valence-electron chi connectivity index (χ2n) is 4.14. The van der Waals surface area contributed by atoms with Crippen LogP contribution in [-0.2, 0) is 16.6 Å². The molecule has 0 spiro atoms. The Kier molecular flexibility index (Phi) is 4.35. The highest BCUT2D eigenvalue weighted by Crippen LogP contribution is 2.23. The first-order valence-electron chi connectivity index (χ1n) is 5.88. The summed E-state index contributed by atoms with van der Waals surface area (Å²) in [6.07, 6.45) is 5.80. The van der Waals surface area contributed by atoms with Gasteiger partial charge in [0.2, 0.25) is 10.0 Å². The predicted molar refractivity (Wildman–Crippen MR) is 70.1 cm³/mol. The Morgan fingerprint density at radius 2 is 2.20 bits per heavy atom. The SMILES string of the molecule is NS(=O)(=O)c1cc(F)ccc1OCCCn1ccnc1. The van der Waals surface area contributed by atoms with E-state index in [0.29, 0.717) is 13.0 Å². The molecule has 8 heteroatoms. The summed E-state index contributed by atoms with van der Waals surface area (Å²) in [7, 11) is -4.02. The number of imidazole rings is 1. The van der Waals surface area contributed by atoms with Gasteiger partial charge >= 0.3 is 0 Å². The molecular weight excluding hydrogens is 285 g/mol. The molecule has 2 rings (SSSR count). The normalized spacial score (nSPS) is 11.5. The summed E-state index contributed by atoms with van der Waals surface area (Å²) in [6, 6.07) is 3.23. The van der Waals surface area contributed by atoms with Crippen LogP contribution in [0, 0.1) is 5.82 Å². The van der Waals surface area contributed by atoms with Gasteiger partial charge in [0.05, 0.1) is 12.9 Å². The standard InChI is InChI=1S/C12H14FN3O3S/c13-10-2-3-11(12(8-10)20(14,17)18)19-7-1-5-16-6-4-15-9-16/h2-4,6,8-9H,1,5,7H2,(H2,14,17,18). The lowest BCUT2D eigenvalue weighted by Gasteiger charge is -2.10. The average molecular weight is 299 g/mol. The van der Waals surface area contributed by atoms with Crippen LogP contribution in [0.25, 0.3) is 0 Å². The minimum Gasteiger partial charge on any atom is -0.492 e. The van der Waals surface area contributed by atoms with E-state index in [-0.39, 0.29) is 17.3 Å². The third-order valence-corrected chi connectivity index (χ3v) is 3.52. The molecular formula is C12H14FN3O3S. The van der Waals surface area contributed by atoms with E-state index >= 15 is 0 Å². The molecule has 108 valence electrons. The lowest BCUT2D eigenvalue weighted by molar-refractivity contribution is 0.294. The van der Waals surface area contributed by atoms with Crippen LogP contribution >= 0.6 is 0 Å². The molecule has 2 aromatic rings. The molecule has 1 aromatic carbocycles. The molecule has 6 nitrogen and oxygen atoms in total. The van der Waals surface area contributed by atoms with Crippen molar-refractivity contribution in [3.8, 4) is 5.75 Å². The van der Waals surface area contributed by atoms with Crippen molar-refractivity contribution in [2.75, 3.05) is 6.61 Å². The largest absolute Gasteiger partial charge is 0.492 e. The third kappa shape index (κ3) is 3.78. The summed E-state index contributed by atoms with van der Waals surface area (Å²) >= 11 is 0. The van der Waals surface area contributed by atoms with Crippen LogP contribution in [0.1, 0.15) is 6.42 Å². The molecule has 0 saturated heterocycles. The quantitative estimate of drug-likeness (QED) is 0.810. The van der Waals surface area contributed by atoms with Crippen molar-refractivity contribution in [3.05, 3.63) is 42.7 Å². The highest BCUT2D eigenvalue weighted by molar-refractivity contribution is 7.89. The van der Waals surface area contributed by atoms with Crippen LogP contribution < -0.4 is 9.88 Å². The maximum absolute atomic E-state index is 13.1. The maximum Gasteiger partial charge on any atom is 0.241 e. The van der Waals surface area contributed by atoms with E-state index < -0.39 is 15.8 Å². The first kappa shape index (κ1) is 14.5. The van der Waals surface area contributed by atoms with Crippen LogP contribution in [0.3, 0.4) is 0 Å². The van der Waals surface area contributed by atoms with E-state index in [1.54, 1.807) is 12.5 Å². The lowest BCUT2D eigenvalue weighted by atomic mass is 10.3. The number of benzene rings is 1. The summed E-state index contributed by atoms with van der Waals surface area (Å²) in [5.74, 6) is -0.626. The van der Waals surface area contributed by atoms with E-state index in [4.69, 9.17) is 9.88 Å². The zero-order valence-electron chi connectivity index (χ0n) is 10.6. The number of primary sulfonamides is 1. The summed E-state index contributed by atoms with van der Waals surface area (Å²) in [6.45, 7) is 0.970. The molecule has 0 unspecified atom stereocenters. The van der Waals surface area contributed by atoms with Crippen molar-refractivity contribution >= 4 is 10.0 Å². The van der Waals surface area contributed by atoms with Gasteiger partial charge in [-0.25, -0.2) is 22.9 Å². The van der Waals surface area contributed by atoms with Gasteiger partial charge in [-0.05, 0) is 24.6 Å². The van der Waals surface area contributed by atoms with Gasteiger partial charge in [-0.3, -0.25) is 0 Å². The molecule has 2 N–H and O–H groups in total. The molecule has 1 heterocycles. The Bertz CT molecular complexity index is 671. The summed E-state index contributed by atoms with van der Waals surface area (Å²) in [5, 5.41) is 5.02. The smallest absolute Gasteiger partial charge is 0.241 e. The monoisotopic (exact) mass is 299 g/mol. The van der Waals surface area contributed by atoms with Gasteiger partial charge < -0.3 is 9.30 Å². The molecule has 0 atom stereocenters. The van der Waals surface area contributed by atoms with E-state index in [9.17, 15) is 12.8 Å². The van der Waals surface area contributed by atoms with Crippen LogP contribution in [0.15, 0.2) is 41.8 Å². The van der Waals surface area contributed by atoms with Crippen molar-refractivity contribution in [1.82, 2.24) is 9.55 Å². The molecule has 1 aromatic heterocycles. The van der Waals surface area contributed by atoms with Crippen LogP contribution in [-0.4, -0.2) is 24.6 Å². The number of sulfonamides is 1. The van der Waals surface area contributed by atoms with Gasteiger partial charge in [0.25, 0.3) is 0 Å². The van der Waals surface area contributed by atoms with Crippen molar-refractivity contribution in [2.24, 2.45) is 5.14 Å². The van der Waals surface area contributed by atoms with Gasteiger partial charge in [0.1, 0.15) is 16.5 Å². The third-order valence-electron chi connectivity index (χ3n) is 2.59. The van der Waals surface area contributed by atoms with E-state index in [0.717, 1.165) is 12.1 Å². The lowest BCUT2D eigenvalue weighted by Crippen LogP contribution is -2.15. The topological polar surface area (TPSA) is 87.2 Å². The zero-order valence-corrected chi connectivity index (χ0v) is 11.4. The average Bonchev–Trinajstić information content (AvgIpc) is 2.88. The molecule has 0 radical (unpaired) electrons. The highest BCUT2D eigenvalue weighted by atomic mass is 32.2. The number of ether oxygens (including phenoxy) is 1. The van der Waals surface area contributed by atoms with E-state index in [1.165, 1.54) is 6.07 Å². The first-order valence-corrected chi connectivity index (χ1v) is 7.42. The van der Waals surface area contributed by atoms with Gasteiger partial charge in [0, 0.05) is 18.9 Å². The summed E-state index contributed by atoms with van der Waals surface area (Å²) in [5.41, 5.74) is 0. The predicted octanol–water partition coefficient (Wildman–Crippen LogP) is 1.14. The summed E-state index contributed by atoms with van der Waals surface area (Å²) in [4.78, 5) is 3.55. The number of hydrogen-bond donors (Lipinski definition) is 1. The number of aryl methyl sites for hydroxylation is 1. The van der Waals surface area contributed by atoms with Crippen LogP contribution in [0.5, 0.6) is 5.75 Å². The Balaban J connectivity index is 1.99. The fraction of sp³-hybridized carbons (Fsp3) is 0.250. The molecule has 0 saturated carbocycles. The second kappa shape index (κ2) is 6.02. The molecule has 20 heavy (non-hydrogen) atoms. The van der Waals surface area contributed by atoms with E-state index in [1.807, 2.05) is 10.8 Å². The minimum atomic E-state index is -4.02. The Morgan fingerprint density at radius 3 is 2.85 bits per heavy atom. The van der Waals surface area contributed by atoms with Crippen molar-refractivity contribution < 1.29 is 17.5 Å². The van der Waals surface area contributed by atoms with Crippen LogP contribution in [0.2, 0.25) is 0 Å². The number of rotatable bonds is 6. The molecule has 0 aliphatic heterocycles. The van der Waals surface area contributed by atoms with Gasteiger partial charge in [0.15, 0.2) is 0 Å². The van der Waals surface area contributed by atoms with Gasteiger partial charge in [-0.15, -0.1) is 0 Å². The summed E-state index contributed by atoms with van der Waals surface area (Å²) < 4.78 is 43.0. The zero-order chi connectivity index (χ0) is 14.6. The molecule has 0 amide bonds. The Labute approximate surface area is 116 Å². The fourth-order valence-electron chi connectivity index (χ4n) is 1.67. The number of nitrogens with two attached hydrogens (primary N) is 1. The molecule has 0 aliphatic rings. The number of aromatic nitrogens is 2. The van der Waals surface area contributed by atoms with Gasteiger partial charge in [-0.2, -0.15) is 0 Å². The van der Waals surface area contributed by atoms with Crippen molar-refractivity contribution in [1.29, 1.82) is 0 Å². The fourth-order valence-corrected chi connectivity index (χ4v) is 2.36. The van der Waals surface area contributed by atoms with E-state index in [2.05, 4.69) is 4.98 Å². The molecule has 0 aliphatic carbocycles. The Hall–Kier alpha value is -1.93. The molecule has 0 fully saturated rings.